The Bertz CT molecular complexity index is 116. The number of carbonyl (C=O) groups is 1. The molecule has 0 fully saturated rings. The molecule has 0 aromatic rings. The first-order valence-corrected chi connectivity index (χ1v) is 4.43. The number of hydrogen-bond acceptors (Lipinski definition) is 1. The summed E-state index contributed by atoms with van der Waals surface area (Å²) in [4.78, 5) is 10.2. The SMILES string of the molecule is CCCCC/C=C\[C@H](C)C=O. The number of allylic oxidation sites excluding steroid dienone is 2. The summed E-state index contributed by atoms with van der Waals surface area (Å²) >= 11 is 0. The molecule has 64 valence electrons. The Hall–Kier alpha value is -0.590. The minimum absolute atomic E-state index is 0.0941. The third-order valence-electron chi connectivity index (χ3n) is 1.63. The van der Waals surface area contributed by atoms with Crippen LogP contribution in [0.2, 0.25) is 0 Å². The number of unbranched alkanes of at least 4 members (excludes halogenated alkanes) is 3. The number of aldehydes is 1. The van der Waals surface area contributed by atoms with E-state index in [0.717, 1.165) is 12.7 Å². The van der Waals surface area contributed by atoms with Gasteiger partial charge in [-0.1, -0.05) is 38.8 Å². The normalized spacial score (nSPS) is 13.6. The van der Waals surface area contributed by atoms with Crippen molar-refractivity contribution < 1.29 is 4.79 Å². The van der Waals surface area contributed by atoms with Gasteiger partial charge >= 0.3 is 0 Å². The van der Waals surface area contributed by atoms with E-state index in [1.165, 1.54) is 19.3 Å². The summed E-state index contributed by atoms with van der Waals surface area (Å²) in [5.74, 6) is 0.0941. The smallest absolute Gasteiger partial charge is 0.126 e. The molecular weight excluding hydrogens is 136 g/mol. The Labute approximate surface area is 69.5 Å². The maximum Gasteiger partial charge on any atom is 0.126 e. The van der Waals surface area contributed by atoms with Crippen LogP contribution in [0, 0.1) is 5.92 Å². The minimum atomic E-state index is 0.0941. The molecule has 0 aromatic carbocycles. The maximum absolute atomic E-state index is 10.2. The van der Waals surface area contributed by atoms with Crippen molar-refractivity contribution in [3.05, 3.63) is 12.2 Å². The van der Waals surface area contributed by atoms with Gasteiger partial charge in [0.15, 0.2) is 0 Å². The Morgan fingerprint density at radius 2 is 2.09 bits per heavy atom. The molecule has 0 saturated heterocycles. The van der Waals surface area contributed by atoms with Gasteiger partial charge in [-0.15, -0.1) is 0 Å². The van der Waals surface area contributed by atoms with E-state index in [2.05, 4.69) is 13.0 Å². The molecule has 0 aliphatic heterocycles. The molecule has 0 spiro atoms. The number of hydrogen-bond donors (Lipinski definition) is 0. The predicted molar refractivity (Wildman–Crippen MR) is 48.5 cm³/mol. The highest BCUT2D eigenvalue weighted by Crippen LogP contribution is 2.01. The van der Waals surface area contributed by atoms with Crippen LogP contribution in [0.5, 0.6) is 0 Å². The molecule has 0 bridgehead atoms. The topological polar surface area (TPSA) is 17.1 Å². The first-order valence-electron chi connectivity index (χ1n) is 4.43. The van der Waals surface area contributed by atoms with E-state index in [-0.39, 0.29) is 5.92 Å². The second kappa shape index (κ2) is 7.52. The van der Waals surface area contributed by atoms with Crippen molar-refractivity contribution in [2.45, 2.75) is 39.5 Å². The third kappa shape index (κ3) is 7.31. The van der Waals surface area contributed by atoms with Gasteiger partial charge < -0.3 is 4.79 Å². The van der Waals surface area contributed by atoms with E-state index in [0.29, 0.717) is 0 Å². The van der Waals surface area contributed by atoms with E-state index in [9.17, 15) is 4.79 Å². The Morgan fingerprint density at radius 3 is 2.64 bits per heavy atom. The Kier molecular flexibility index (Phi) is 7.11. The van der Waals surface area contributed by atoms with E-state index in [1.807, 2.05) is 13.0 Å². The van der Waals surface area contributed by atoms with Gasteiger partial charge in [-0.2, -0.15) is 0 Å². The van der Waals surface area contributed by atoms with Crippen LogP contribution in [-0.2, 0) is 4.79 Å². The van der Waals surface area contributed by atoms with Crippen molar-refractivity contribution in [3.63, 3.8) is 0 Å². The standard InChI is InChI=1S/C10H18O/c1-3-4-5-6-7-8-10(2)9-11/h7-10H,3-6H2,1-2H3/b8-7-/t10-/m0/s1. The molecule has 1 heteroatoms. The molecule has 1 atom stereocenters. The van der Waals surface area contributed by atoms with Crippen molar-refractivity contribution in [2.24, 2.45) is 5.92 Å². The van der Waals surface area contributed by atoms with Crippen LogP contribution in [0.25, 0.3) is 0 Å². The second-order valence-electron chi connectivity index (χ2n) is 2.92. The van der Waals surface area contributed by atoms with Gasteiger partial charge in [0.05, 0.1) is 0 Å². The molecule has 0 aliphatic rings. The average Bonchev–Trinajstić information content (AvgIpc) is 2.04. The fourth-order valence-corrected chi connectivity index (χ4v) is 0.868. The second-order valence-corrected chi connectivity index (χ2v) is 2.92. The predicted octanol–water partition coefficient (Wildman–Crippen LogP) is 2.96. The lowest BCUT2D eigenvalue weighted by Crippen LogP contribution is -1.87. The average molecular weight is 154 g/mol. The summed E-state index contributed by atoms with van der Waals surface area (Å²) in [6.07, 6.45) is 9.97. The van der Waals surface area contributed by atoms with Crippen molar-refractivity contribution in [1.82, 2.24) is 0 Å². The van der Waals surface area contributed by atoms with Crippen LogP contribution < -0.4 is 0 Å². The Morgan fingerprint density at radius 1 is 1.36 bits per heavy atom. The van der Waals surface area contributed by atoms with Crippen molar-refractivity contribution in [1.29, 1.82) is 0 Å². The van der Waals surface area contributed by atoms with Crippen LogP contribution in [0.4, 0.5) is 0 Å². The molecule has 0 heterocycles. The molecule has 0 aliphatic carbocycles. The number of rotatable bonds is 6. The summed E-state index contributed by atoms with van der Waals surface area (Å²) in [7, 11) is 0. The van der Waals surface area contributed by atoms with Gasteiger partial charge in [0.25, 0.3) is 0 Å². The molecule has 0 aromatic heterocycles. The summed E-state index contributed by atoms with van der Waals surface area (Å²) < 4.78 is 0. The van der Waals surface area contributed by atoms with E-state index < -0.39 is 0 Å². The Balaban J connectivity index is 3.22. The van der Waals surface area contributed by atoms with Crippen molar-refractivity contribution in [3.8, 4) is 0 Å². The zero-order valence-corrected chi connectivity index (χ0v) is 7.55. The van der Waals surface area contributed by atoms with Crippen LogP contribution >= 0.6 is 0 Å². The maximum atomic E-state index is 10.2. The molecule has 0 N–H and O–H groups in total. The van der Waals surface area contributed by atoms with E-state index in [1.54, 1.807) is 0 Å². The van der Waals surface area contributed by atoms with Gasteiger partial charge in [0.1, 0.15) is 6.29 Å². The van der Waals surface area contributed by atoms with Gasteiger partial charge in [-0.05, 0) is 12.8 Å². The van der Waals surface area contributed by atoms with E-state index in [4.69, 9.17) is 0 Å². The summed E-state index contributed by atoms with van der Waals surface area (Å²) in [6, 6.07) is 0. The van der Waals surface area contributed by atoms with Gasteiger partial charge in [0, 0.05) is 5.92 Å². The molecule has 0 unspecified atom stereocenters. The largest absolute Gasteiger partial charge is 0.303 e. The minimum Gasteiger partial charge on any atom is -0.303 e. The van der Waals surface area contributed by atoms with Crippen LogP contribution in [-0.4, -0.2) is 6.29 Å². The zero-order valence-electron chi connectivity index (χ0n) is 7.55. The first-order chi connectivity index (χ1) is 5.31. The van der Waals surface area contributed by atoms with Gasteiger partial charge in [-0.3, -0.25) is 0 Å². The first kappa shape index (κ1) is 10.4. The van der Waals surface area contributed by atoms with E-state index >= 15 is 0 Å². The van der Waals surface area contributed by atoms with Gasteiger partial charge in [0.2, 0.25) is 0 Å². The van der Waals surface area contributed by atoms with Crippen LogP contribution in [0.3, 0.4) is 0 Å². The lowest BCUT2D eigenvalue weighted by atomic mass is 10.1. The fourth-order valence-electron chi connectivity index (χ4n) is 0.868. The molecular formula is C10H18O. The van der Waals surface area contributed by atoms with Crippen LogP contribution in [0.15, 0.2) is 12.2 Å². The number of carbonyl (C=O) groups excluding carboxylic acids is 1. The molecule has 0 saturated carbocycles. The lowest BCUT2D eigenvalue weighted by Gasteiger charge is -1.93. The summed E-state index contributed by atoms with van der Waals surface area (Å²) in [5.41, 5.74) is 0. The monoisotopic (exact) mass is 154 g/mol. The summed E-state index contributed by atoms with van der Waals surface area (Å²) in [6.45, 7) is 4.10. The lowest BCUT2D eigenvalue weighted by molar-refractivity contribution is -0.109. The highest BCUT2D eigenvalue weighted by molar-refractivity contribution is 5.55. The molecule has 0 radical (unpaired) electrons. The molecule has 11 heavy (non-hydrogen) atoms. The molecule has 1 nitrogen and oxygen atoms in total. The van der Waals surface area contributed by atoms with Crippen molar-refractivity contribution in [2.75, 3.05) is 0 Å². The highest BCUT2D eigenvalue weighted by Gasteiger charge is 1.89. The van der Waals surface area contributed by atoms with Crippen molar-refractivity contribution >= 4 is 6.29 Å². The quantitative estimate of drug-likeness (QED) is 0.326. The highest BCUT2D eigenvalue weighted by atomic mass is 16.1. The molecule has 0 amide bonds. The zero-order chi connectivity index (χ0) is 8.53. The summed E-state index contributed by atoms with van der Waals surface area (Å²) in [5, 5.41) is 0. The fraction of sp³-hybridized carbons (Fsp3) is 0.700. The van der Waals surface area contributed by atoms with Gasteiger partial charge in [-0.25, -0.2) is 0 Å². The molecule has 0 rings (SSSR count). The van der Waals surface area contributed by atoms with Crippen LogP contribution in [0.1, 0.15) is 39.5 Å². The third-order valence-corrected chi connectivity index (χ3v) is 1.63.